The molecule has 4 N–H and O–H groups in total. The van der Waals surface area contributed by atoms with E-state index in [1.165, 1.54) is 7.05 Å². The normalized spacial score (nSPS) is 10.9. The van der Waals surface area contributed by atoms with Gasteiger partial charge in [0.25, 0.3) is 5.56 Å². The van der Waals surface area contributed by atoms with Gasteiger partial charge in [-0.3, -0.25) is 23.9 Å². The third kappa shape index (κ3) is 3.88. The van der Waals surface area contributed by atoms with Gasteiger partial charge in [0.05, 0.1) is 0 Å². The minimum Gasteiger partial charge on any atom is -0.457 e. The number of aromatic amines is 2. The Balaban J connectivity index is 1.53. The molecule has 2 aromatic heterocycles. The number of carbonyl (C=O) groups excluding carboxylic acids is 2. The van der Waals surface area contributed by atoms with Crippen LogP contribution in [0.5, 0.6) is 0 Å². The molecule has 3 rings (SSSR count). The summed E-state index contributed by atoms with van der Waals surface area (Å²) in [5.74, 6) is -1.58. The Morgan fingerprint density at radius 1 is 1.21 bits per heavy atom. The van der Waals surface area contributed by atoms with Gasteiger partial charge in [-0.05, 0) is 24.5 Å². The maximum atomic E-state index is 12.2. The number of ether oxygens (including phenoxy) is 1. The third-order valence-corrected chi connectivity index (χ3v) is 4.51. The quantitative estimate of drug-likeness (QED) is 0.408. The van der Waals surface area contributed by atoms with E-state index in [1.54, 1.807) is 0 Å². The number of esters is 1. The second-order valence-electron chi connectivity index (χ2n) is 6.38. The summed E-state index contributed by atoms with van der Waals surface area (Å²) < 4.78 is 5.90. The predicted octanol–water partition coefficient (Wildman–Crippen LogP) is 0.886. The van der Waals surface area contributed by atoms with Crippen LogP contribution in [0.15, 0.2) is 40.1 Å². The second-order valence-corrected chi connectivity index (χ2v) is 6.38. The van der Waals surface area contributed by atoms with Crippen molar-refractivity contribution in [1.29, 1.82) is 0 Å². The van der Waals surface area contributed by atoms with Crippen molar-refractivity contribution in [2.24, 2.45) is 7.05 Å². The van der Waals surface area contributed by atoms with E-state index in [-0.39, 0.29) is 12.2 Å². The summed E-state index contributed by atoms with van der Waals surface area (Å²) in [5.41, 5.74) is 5.76. The van der Waals surface area contributed by atoms with Crippen molar-refractivity contribution in [2.75, 3.05) is 12.3 Å². The first-order chi connectivity index (χ1) is 13.4. The summed E-state index contributed by atoms with van der Waals surface area (Å²) in [6.07, 6.45) is 3.28. The molecule has 0 saturated heterocycles. The van der Waals surface area contributed by atoms with Gasteiger partial charge in [-0.1, -0.05) is 18.2 Å². The van der Waals surface area contributed by atoms with Crippen LogP contribution < -0.4 is 17.0 Å². The number of H-pyrrole nitrogens is 2. The molecule has 0 amide bonds. The molecular formula is C19H20N4O5. The standard InChI is InChI=1S/C19H20N4O5/c1-23-17(20)16(18(26)22-19(23)27)14(24)10-28-15(25)8-4-5-11-9-21-13-7-3-2-6-12(11)13/h2-3,6-7,9,21H,4-5,8,10,20H2,1H3,(H,22,26,27). The van der Waals surface area contributed by atoms with Crippen molar-refractivity contribution in [1.82, 2.24) is 14.5 Å². The fourth-order valence-corrected chi connectivity index (χ4v) is 2.96. The van der Waals surface area contributed by atoms with E-state index in [0.29, 0.717) is 12.8 Å². The van der Waals surface area contributed by atoms with Crippen molar-refractivity contribution in [3.05, 3.63) is 62.4 Å². The van der Waals surface area contributed by atoms with E-state index < -0.39 is 35.2 Å². The number of nitrogen functional groups attached to an aromatic ring is 1. The fourth-order valence-electron chi connectivity index (χ4n) is 2.96. The molecule has 0 fully saturated rings. The Morgan fingerprint density at radius 3 is 2.75 bits per heavy atom. The lowest BCUT2D eigenvalue weighted by Crippen LogP contribution is -2.35. The van der Waals surface area contributed by atoms with Crippen LogP contribution in [0.4, 0.5) is 5.82 Å². The number of aryl methyl sites for hydroxylation is 1. The van der Waals surface area contributed by atoms with E-state index in [2.05, 4.69) is 4.98 Å². The number of benzene rings is 1. The molecule has 9 heteroatoms. The Bertz CT molecular complexity index is 1160. The van der Waals surface area contributed by atoms with Crippen LogP contribution in [0.1, 0.15) is 28.8 Å². The van der Waals surface area contributed by atoms with Crippen LogP contribution in [0.3, 0.4) is 0 Å². The van der Waals surface area contributed by atoms with Crippen LogP contribution in [0.2, 0.25) is 0 Å². The number of anilines is 1. The van der Waals surface area contributed by atoms with E-state index in [4.69, 9.17) is 10.5 Å². The predicted molar refractivity (Wildman–Crippen MR) is 103 cm³/mol. The highest BCUT2D eigenvalue weighted by Gasteiger charge is 2.19. The first kappa shape index (κ1) is 19.2. The molecule has 2 heterocycles. The number of ketones is 1. The highest BCUT2D eigenvalue weighted by molar-refractivity contribution is 6.01. The van der Waals surface area contributed by atoms with Gasteiger partial charge in [0.1, 0.15) is 11.4 Å². The number of nitrogens with zero attached hydrogens (tertiary/aromatic N) is 1. The van der Waals surface area contributed by atoms with Crippen LogP contribution in [0, 0.1) is 0 Å². The Hall–Kier alpha value is -3.62. The number of nitrogens with one attached hydrogen (secondary N) is 2. The Kier molecular flexibility index (Phi) is 5.44. The molecule has 0 spiro atoms. The summed E-state index contributed by atoms with van der Waals surface area (Å²) in [4.78, 5) is 52.5. The van der Waals surface area contributed by atoms with Crippen LogP contribution in [0.25, 0.3) is 10.9 Å². The number of aromatic nitrogens is 3. The molecule has 146 valence electrons. The van der Waals surface area contributed by atoms with Crippen molar-refractivity contribution >= 4 is 28.5 Å². The summed E-state index contributed by atoms with van der Waals surface area (Å²) in [5, 5.41) is 1.11. The Morgan fingerprint density at radius 2 is 1.96 bits per heavy atom. The fraction of sp³-hybridized carbons (Fsp3) is 0.263. The van der Waals surface area contributed by atoms with Gasteiger partial charge in [0.2, 0.25) is 5.78 Å². The minimum absolute atomic E-state index is 0.131. The van der Waals surface area contributed by atoms with Gasteiger partial charge >= 0.3 is 11.7 Å². The number of para-hydroxylation sites is 1. The molecule has 0 radical (unpaired) electrons. The number of rotatable bonds is 7. The first-order valence-corrected chi connectivity index (χ1v) is 8.71. The van der Waals surface area contributed by atoms with Crippen molar-refractivity contribution in [3.63, 3.8) is 0 Å². The zero-order chi connectivity index (χ0) is 20.3. The maximum Gasteiger partial charge on any atom is 0.329 e. The molecule has 0 saturated carbocycles. The number of nitrogens with two attached hydrogens (primary N) is 1. The van der Waals surface area contributed by atoms with Gasteiger partial charge in [0, 0.05) is 30.6 Å². The molecule has 0 atom stereocenters. The topological polar surface area (TPSA) is 140 Å². The average Bonchev–Trinajstić information content (AvgIpc) is 3.08. The van der Waals surface area contributed by atoms with Crippen LogP contribution in [-0.2, 0) is 23.0 Å². The number of carbonyl (C=O) groups is 2. The lowest BCUT2D eigenvalue weighted by atomic mass is 10.1. The summed E-state index contributed by atoms with van der Waals surface area (Å²) >= 11 is 0. The van der Waals surface area contributed by atoms with Crippen LogP contribution >= 0.6 is 0 Å². The minimum atomic E-state index is -0.902. The van der Waals surface area contributed by atoms with Crippen LogP contribution in [-0.4, -0.2) is 32.9 Å². The summed E-state index contributed by atoms with van der Waals surface area (Å²) in [6.45, 7) is -0.614. The highest BCUT2D eigenvalue weighted by atomic mass is 16.5. The van der Waals surface area contributed by atoms with Crippen molar-refractivity contribution in [2.45, 2.75) is 19.3 Å². The number of fused-ring (bicyclic) bond motifs is 1. The van der Waals surface area contributed by atoms with Gasteiger partial charge < -0.3 is 15.5 Å². The van der Waals surface area contributed by atoms with Gasteiger partial charge in [-0.25, -0.2) is 4.79 Å². The Labute approximate surface area is 159 Å². The lowest BCUT2D eigenvalue weighted by molar-refractivity contribution is -0.142. The first-order valence-electron chi connectivity index (χ1n) is 8.71. The second kappa shape index (κ2) is 7.95. The molecule has 0 aliphatic carbocycles. The van der Waals surface area contributed by atoms with Gasteiger partial charge in [0.15, 0.2) is 6.61 Å². The largest absolute Gasteiger partial charge is 0.457 e. The molecule has 0 unspecified atom stereocenters. The molecule has 0 aliphatic rings. The monoisotopic (exact) mass is 384 g/mol. The highest BCUT2D eigenvalue weighted by Crippen LogP contribution is 2.19. The van der Waals surface area contributed by atoms with Gasteiger partial charge in [-0.15, -0.1) is 0 Å². The molecular weight excluding hydrogens is 364 g/mol. The van der Waals surface area contributed by atoms with E-state index in [0.717, 1.165) is 21.0 Å². The van der Waals surface area contributed by atoms with E-state index in [9.17, 15) is 19.2 Å². The summed E-state index contributed by atoms with van der Waals surface area (Å²) in [6, 6.07) is 7.88. The average molecular weight is 384 g/mol. The molecule has 0 aliphatic heterocycles. The molecule has 0 bridgehead atoms. The zero-order valence-electron chi connectivity index (χ0n) is 15.3. The third-order valence-electron chi connectivity index (χ3n) is 4.51. The van der Waals surface area contributed by atoms with Crippen molar-refractivity contribution < 1.29 is 14.3 Å². The summed E-state index contributed by atoms with van der Waals surface area (Å²) in [7, 11) is 1.32. The lowest BCUT2D eigenvalue weighted by Gasteiger charge is -2.08. The SMILES string of the molecule is Cn1c(N)c(C(=O)COC(=O)CCCc2c[nH]c3ccccc23)c(=O)[nH]c1=O. The smallest absolute Gasteiger partial charge is 0.329 e. The number of Topliss-reactive ketones (excluding diaryl/α,β-unsaturated/α-hetero) is 1. The molecule has 9 nitrogen and oxygen atoms in total. The van der Waals surface area contributed by atoms with Gasteiger partial charge in [-0.2, -0.15) is 0 Å². The zero-order valence-corrected chi connectivity index (χ0v) is 15.3. The number of hydrogen-bond acceptors (Lipinski definition) is 6. The number of hydrogen-bond donors (Lipinski definition) is 3. The van der Waals surface area contributed by atoms with Crippen molar-refractivity contribution in [3.8, 4) is 0 Å². The maximum absolute atomic E-state index is 12.2. The molecule has 3 aromatic rings. The van der Waals surface area contributed by atoms with E-state index in [1.807, 2.05) is 35.4 Å². The molecule has 1 aromatic carbocycles. The van der Waals surface area contributed by atoms with E-state index >= 15 is 0 Å². The molecule has 28 heavy (non-hydrogen) atoms.